The van der Waals surface area contributed by atoms with Gasteiger partial charge in [0.1, 0.15) is 22.3 Å². The van der Waals surface area contributed by atoms with Crippen molar-refractivity contribution in [1.82, 2.24) is 5.32 Å². The molecule has 0 spiro atoms. The van der Waals surface area contributed by atoms with E-state index in [2.05, 4.69) is 5.32 Å². The zero-order valence-corrected chi connectivity index (χ0v) is 14.0. The van der Waals surface area contributed by atoms with E-state index < -0.39 is 0 Å². The lowest BCUT2D eigenvalue weighted by molar-refractivity contribution is 0.389. The number of halogens is 1. The highest BCUT2D eigenvalue weighted by Gasteiger charge is 2.22. The minimum Gasteiger partial charge on any atom is -0.496 e. The topological polar surface area (TPSA) is 39.7 Å². The molecule has 0 aliphatic rings. The number of hydrogen-bond donors (Lipinski definition) is 1. The first-order valence-corrected chi connectivity index (χ1v) is 7.62. The summed E-state index contributed by atoms with van der Waals surface area (Å²) >= 11 is 7.96. The molecule has 0 radical (unpaired) electrons. The molecule has 0 fully saturated rings. The van der Waals surface area contributed by atoms with E-state index >= 15 is 0 Å². The molecule has 0 saturated carbocycles. The van der Waals surface area contributed by atoms with Crippen LogP contribution in [0.4, 0.5) is 0 Å². The Morgan fingerprint density at radius 3 is 2.43 bits per heavy atom. The predicted molar refractivity (Wildman–Crippen MR) is 86.3 cm³/mol. The normalized spacial score (nSPS) is 12.0. The Labute approximate surface area is 133 Å². The highest BCUT2D eigenvalue weighted by Crippen LogP contribution is 2.42. The molecule has 2 rings (SSSR count). The van der Waals surface area contributed by atoms with Crippen LogP contribution < -0.4 is 19.5 Å². The zero-order valence-electron chi connectivity index (χ0n) is 12.4. The Kier molecular flexibility index (Phi) is 5.33. The van der Waals surface area contributed by atoms with Crippen molar-refractivity contribution >= 4 is 22.9 Å². The molecule has 4 nitrogen and oxygen atoms in total. The van der Waals surface area contributed by atoms with Gasteiger partial charge in [0.25, 0.3) is 0 Å². The highest BCUT2D eigenvalue weighted by atomic mass is 35.5. The number of nitrogens with one attached hydrogen (secondary N) is 1. The van der Waals surface area contributed by atoms with Crippen LogP contribution in [0.1, 0.15) is 16.5 Å². The summed E-state index contributed by atoms with van der Waals surface area (Å²) in [5.41, 5.74) is 0.954. The smallest absolute Gasteiger partial charge is 0.146 e. The molecule has 1 N–H and O–H groups in total. The molecule has 1 aromatic heterocycles. The third-order valence-corrected chi connectivity index (χ3v) is 4.57. The molecule has 1 unspecified atom stereocenters. The molecule has 2 aromatic rings. The summed E-state index contributed by atoms with van der Waals surface area (Å²) in [4.78, 5) is 1.12. The predicted octanol–water partition coefficient (Wildman–Crippen LogP) is 3.74. The zero-order chi connectivity index (χ0) is 15.4. The van der Waals surface area contributed by atoms with Gasteiger partial charge in [-0.1, -0.05) is 11.6 Å². The molecule has 0 amide bonds. The highest BCUT2D eigenvalue weighted by molar-refractivity contribution is 7.10. The van der Waals surface area contributed by atoms with Gasteiger partial charge in [0, 0.05) is 15.8 Å². The van der Waals surface area contributed by atoms with E-state index in [4.69, 9.17) is 25.8 Å². The number of rotatable bonds is 6. The Hall–Kier alpha value is -1.43. The monoisotopic (exact) mass is 327 g/mol. The van der Waals surface area contributed by atoms with E-state index in [0.717, 1.165) is 16.2 Å². The molecule has 1 atom stereocenters. The third kappa shape index (κ3) is 3.10. The Morgan fingerprint density at radius 1 is 1.14 bits per heavy atom. The summed E-state index contributed by atoms with van der Waals surface area (Å²) in [7, 11) is 6.74. The molecule has 1 heterocycles. The molecular weight excluding hydrogens is 310 g/mol. The molecule has 0 aliphatic heterocycles. The van der Waals surface area contributed by atoms with Gasteiger partial charge in [0.05, 0.1) is 27.4 Å². The van der Waals surface area contributed by atoms with Gasteiger partial charge < -0.3 is 19.5 Å². The van der Waals surface area contributed by atoms with Crippen molar-refractivity contribution in [3.63, 3.8) is 0 Å². The van der Waals surface area contributed by atoms with Crippen molar-refractivity contribution in [2.75, 3.05) is 28.4 Å². The van der Waals surface area contributed by atoms with Crippen molar-refractivity contribution in [2.45, 2.75) is 6.04 Å². The van der Waals surface area contributed by atoms with Gasteiger partial charge in [-0.15, -0.1) is 11.3 Å². The molecular formula is C15H18ClNO3S. The van der Waals surface area contributed by atoms with E-state index in [9.17, 15) is 0 Å². The quantitative estimate of drug-likeness (QED) is 0.877. The summed E-state index contributed by atoms with van der Waals surface area (Å²) in [6, 6.07) is 5.77. The van der Waals surface area contributed by atoms with Crippen LogP contribution in [0.2, 0.25) is 5.02 Å². The molecule has 114 valence electrons. The van der Waals surface area contributed by atoms with Gasteiger partial charge in [-0.2, -0.15) is 0 Å². The van der Waals surface area contributed by atoms with Crippen molar-refractivity contribution in [2.24, 2.45) is 0 Å². The minimum atomic E-state index is -0.0303. The van der Waals surface area contributed by atoms with Crippen LogP contribution in [-0.2, 0) is 0 Å². The number of ether oxygens (including phenoxy) is 3. The van der Waals surface area contributed by atoms with E-state index in [1.807, 2.05) is 30.6 Å². The number of benzene rings is 1. The Bertz CT molecular complexity index is 615. The fourth-order valence-electron chi connectivity index (χ4n) is 2.19. The van der Waals surface area contributed by atoms with Gasteiger partial charge in [-0.25, -0.2) is 0 Å². The fourth-order valence-corrected chi connectivity index (χ4v) is 3.50. The largest absolute Gasteiger partial charge is 0.496 e. The van der Waals surface area contributed by atoms with E-state index in [1.54, 1.807) is 32.7 Å². The van der Waals surface area contributed by atoms with Crippen molar-refractivity contribution < 1.29 is 14.2 Å². The molecule has 1 aromatic carbocycles. The standard InChI is InChI=1S/C15H18ClNO3S/c1-17-14(12-7-9(18-2)8-21-12)10-5-6-11(19-3)13(16)15(10)20-4/h5-8,14,17H,1-4H3. The Balaban J connectivity index is 2.49. The molecule has 6 heteroatoms. The fraction of sp³-hybridized carbons (Fsp3) is 0.333. The maximum Gasteiger partial charge on any atom is 0.146 e. The lowest BCUT2D eigenvalue weighted by atomic mass is 10.0. The molecule has 0 bridgehead atoms. The second kappa shape index (κ2) is 7.02. The van der Waals surface area contributed by atoms with Crippen LogP contribution in [0, 0.1) is 0 Å². The molecule has 21 heavy (non-hydrogen) atoms. The first-order chi connectivity index (χ1) is 10.2. The summed E-state index contributed by atoms with van der Waals surface area (Å²) < 4.78 is 16.0. The summed E-state index contributed by atoms with van der Waals surface area (Å²) in [6.07, 6.45) is 0. The first-order valence-electron chi connectivity index (χ1n) is 6.36. The lowest BCUT2D eigenvalue weighted by Gasteiger charge is -2.20. The van der Waals surface area contributed by atoms with Crippen LogP contribution in [0.5, 0.6) is 17.2 Å². The van der Waals surface area contributed by atoms with Gasteiger partial charge in [-0.05, 0) is 25.2 Å². The van der Waals surface area contributed by atoms with Gasteiger partial charge in [0.15, 0.2) is 0 Å². The summed E-state index contributed by atoms with van der Waals surface area (Å²) in [6.45, 7) is 0. The van der Waals surface area contributed by atoms with Gasteiger partial charge in [-0.3, -0.25) is 0 Å². The number of hydrogen-bond acceptors (Lipinski definition) is 5. The molecule has 0 aliphatic carbocycles. The van der Waals surface area contributed by atoms with Gasteiger partial charge >= 0.3 is 0 Å². The van der Waals surface area contributed by atoms with Crippen LogP contribution >= 0.6 is 22.9 Å². The van der Waals surface area contributed by atoms with E-state index in [1.165, 1.54) is 0 Å². The average Bonchev–Trinajstić information content (AvgIpc) is 2.97. The first kappa shape index (κ1) is 15.9. The maximum atomic E-state index is 6.34. The minimum absolute atomic E-state index is 0.0303. The summed E-state index contributed by atoms with van der Waals surface area (Å²) in [5.74, 6) is 2.05. The van der Waals surface area contributed by atoms with Crippen molar-refractivity contribution in [3.05, 3.63) is 39.0 Å². The SMILES string of the molecule is CNC(c1cc(OC)cs1)c1ccc(OC)c(Cl)c1OC. The van der Waals surface area contributed by atoms with Crippen molar-refractivity contribution in [1.29, 1.82) is 0 Å². The second-order valence-corrected chi connectivity index (χ2v) is 5.64. The van der Waals surface area contributed by atoms with E-state index in [0.29, 0.717) is 16.5 Å². The lowest BCUT2D eigenvalue weighted by Crippen LogP contribution is -2.17. The van der Waals surface area contributed by atoms with Crippen LogP contribution in [0.15, 0.2) is 23.6 Å². The van der Waals surface area contributed by atoms with Crippen LogP contribution in [0.3, 0.4) is 0 Å². The Morgan fingerprint density at radius 2 is 1.90 bits per heavy atom. The van der Waals surface area contributed by atoms with Crippen LogP contribution in [-0.4, -0.2) is 28.4 Å². The maximum absolute atomic E-state index is 6.34. The second-order valence-electron chi connectivity index (χ2n) is 4.31. The summed E-state index contributed by atoms with van der Waals surface area (Å²) in [5, 5.41) is 5.73. The molecule has 0 saturated heterocycles. The number of methoxy groups -OCH3 is 3. The van der Waals surface area contributed by atoms with Crippen molar-refractivity contribution in [3.8, 4) is 17.2 Å². The van der Waals surface area contributed by atoms with Gasteiger partial charge in [0.2, 0.25) is 0 Å². The third-order valence-electron chi connectivity index (χ3n) is 3.23. The number of thiophene rings is 1. The van der Waals surface area contributed by atoms with E-state index in [-0.39, 0.29) is 6.04 Å². The van der Waals surface area contributed by atoms with Crippen LogP contribution in [0.25, 0.3) is 0 Å². The average molecular weight is 328 g/mol.